The number of rotatable bonds is 7. The van der Waals surface area contributed by atoms with Crippen molar-refractivity contribution in [2.75, 3.05) is 13.7 Å². The number of thioether (sulfide) groups is 1. The van der Waals surface area contributed by atoms with Crippen LogP contribution < -0.4 is 4.74 Å². The van der Waals surface area contributed by atoms with Crippen LogP contribution in [0.2, 0.25) is 5.02 Å². The van der Waals surface area contributed by atoms with Crippen molar-refractivity contribution in [2.45, 2.75) is 57.9 Å². The lowest BCUT2D eigenvalue weighted by Gasteiger charge is -2.28. The zero-order valence-electron chi connectivity index (χ0n) is 24.9. The minimum atomic E-state index is -0.742. The molecule has 224 valence electrons. The van der Waals surface area contributed by atoms with Gasteiger partial charge in [-0.25, -0.2) is 18.2 Å². The van der Waals surface area contributed by atoms with Crippen molar-refractivity contribution < 1.29 is 23.0 Å². The van der Waals surface area contributed by atoms with Gasteiger partial charge in [0.25, 0.3) is 0 Å². The third-order valence-electron chi connectivity index (χ3n) is 6.13. The van der Waals surface area contributed by atoms with E-state index in [2.05, 4.69) is 16.8 Å². The fourth-order valence-electron chi connectivity index (χ4n) is 4.01. The van der Waals surface area contributed by atoms with Gasteiger partial charge in [-0.3, -0.25) is 4.57 Å². The molecule has 0 atom stereocenters. The Labute approximate surface area is 255 Å². The topological polar surface area (TPSA) is 47.3 Å². The maximum atomic E-state index is 14.8. The van der Waals surface area contributed by atoms with E-state index in [4.69, 9.17) is 21.4 Å². The van der Waals surface area contributed by atoms with E-state index in [1.807, 2.05) is 58.2 Å². The number of ether oxygens (including phenoxy) is 1. The molecule has 4 rings (SSSR count). The molecule has 0 unspecified atom stereocenters. The quantitative estimate of drug-likeness (QED) is 0.166. The summed E-state index contributed by atoms with van der Waals surface area (Å²) in [7, 11) is 1.54. The SMILES string of the molecule is CC.CC.COc1cc(C(C)(C)c2cnc(SCc3c(F)cc(C#CCO)cc3F)n2-c2ccc(F)cc2)ccc1Cl. The van der Waals surface area contributed by atoms with E-state index in [9.17, 15) is 13.2 Å². The van der Waals surface area contributed by atoms with Gasteiger partial charge < -0.3 is 9.84 Å². The molecule has 9 heteroatoms. The van der Waals surface area contributed by atoms with Crippen LogP contribution in [0.5, 0.6) is 5.75 Å². The lowest BCUT2D eigenvalue weighted by atomic mass is 9.81. The first kappa shape index (κ1) is 34.8. The maximum absolute atomic E-state index is 14.8. The molecule has 0 bridgehead atoms. The molecule has 0 saturated carbocycles. The lowest BCUT2D eigenvalue weighted by Crippen LogP contribution is -2.23. The van der Waals surface area contributed by atoms with E-state index < -0.39 is 23.7 Å². The second-order valence-electron chi connectivity index (χ2n) is 8.88. The average Bonchev–Trinajstić information content (AvgIpc) is 3.43. The lowest BCUT2D eigenvalue weighted by molar-refractivity contribution is 0.350. The molecule has 4 aromatic rings. The van der Waals surface area contributed by atoms with Crippen molar-refractivity contribution in [3.8, 4) is 23.3 Å². The van der Waals surface area contributed by atoms with Crippen LogP contribution in [0.4, 0.5) is 13.2 Å². The van der Waals surface area contributed by atoms with Gasteiger partial charge in [0.05, 0.1) is 24.0 Å². The molecular weight excluding hydrogens is 581 g/mol. The summed E-state index contributed by atoms with van der Waals surface area (Å²) in [5.41, 5.74) is 1.72. The molecule has 42 heavy (non-hydrogen) atoms. The third-order valence-corrected chi connectivity index (χ3v) is 7.42. The van der Waals surface area contributed by atoms with Crippen LogP contribution in [-0.4, -0.2) is 28.4 Å². The standard InChI is InChI=1S/C29H24ClF3N2O2S.2C2H6/c1-29(2,19-6-11-23(30)26(15-19)37-3)27-16-34-28(35(27)21-9-7-20(31)8-10-21)38-17-22-24(32)13-18(5-4-12-36)14-25(22)33;2*1-2/h6-11,13-16,36H,12,17H2,1-3H3;2*1-2H3. The van der Waals surface area contributed by atoms with Crippen LogP contribution in [0, 0.1) is 29.3 Å². The van der Waals surface area contributed by atoms with Gasteiger partial charge in [-0.1, -0.05) is 82.8 Å². The van der Waals surface area contributed by atoms with Crippen LogP contribution >= 0.6 is 23.4 Å². The zero-order chi connectivity index (χ0) is 31.4. The summed E-state index contributed by atoms with van der Waals surface area (Å²) in [6.45, 7) is 11.6. The fraction of sp³-hybridized carbons (Fsp3) is 0.303. The van der Waals surface area contributed by atoms with Gasteiger partial charge >= 0.3 is 0 Å². The van der Waals surface area contributed by atoms with Crippen molar-refractivity contribution in [1.82, 2.24) is 9.55 Å². The summed E-state index contributed by atoms with van der Waals surface area (Å²) in [5.74, 6) is 3.50. The number of aromatic nitrogens is 2. The molecule has 0 radical (unpaired) electrons. The molecule has 0 amide bonds. The Balaban J connectivity index is 0.00000148. The minimum absolute atomic E-state index is 0.0434. The Kier molecular flexibility index (Phi) is 13.5. The summed E-state index contributed by atoms with van der Waals surface area (Å²) >= 11 is 7.39. The van der Waals surface area contributed by atoms with E-state index in [-0.39, 0.29) is 22.7 Å². The Morgan fingerprint density at radius 1 is 0.976 bits per heavy atom. The largest absolute Gasteiger partial charge is 0.495 e. The van der Waals surface area contributed by atoms with Gasteiger partial charge in [0.15, 0.2) is 5.16 Å². The van der Waals surface area contributed by atoms with Crippen molar-refractivity contribution in [3.63, 3.8) is 0 Å². The second kappa shape index (κ2) is 16.3. The molecule has 0 aliphatic rings. The number of methoxy groups -OCH3 is 1. The number of nitrogens with zero attached hydrogens (tertiary/aromatic N) is 2. The molecule has 0 saturated heterocycles. The monoisotopic (exact) mass is 616 g/mol. The van der Waals surface area contributed by atoms with E-state index in [0.717, 1.165) is 35.2 Å². The number of halogens is 4. The van der Waals surface area contributed by atoms with Crippen molar-refractivity contribution in [1.29, 1.82) is 0 Å². The number of benzene rings is 3. The molecule has 0 aliphatic carbocycles. The maximum Gasteiger partial charge on any atom is 0.173 e. The van der Waals surface area contributed by atoms with Crippen LogP contribution in [0.15, 0.2) is 66.0 Å². The first-order valence-corrected chi connectivity index (χ1v) is 14.9. The Hall–Kier alpha value is -3.38. The number of hydrogen-bond acceptors (Lipinski definition) is 4. The molecular formula is C33H36ClF3N2O2S. The van der Waals surface area contributed by atoms with Crippen LogP contribution in [0.25, 0.3) is 5.69 Å². The summed E-state index contributed by atoms with van der Waals surface area (Å²) in [6, 6.07) is 13.7. The highest BCUT2D eigenvalue weighted by Crippen LogP contribution is 2.39. The molecule has 0 spiro atoms. The highest BCUT2D eigenvalue weighted by molar-refractivity contribution is 7.98. The second-order valence-corrected chi connectivity index (χ2v) is 10.2. The number of imidazole rings is 1. The summed E-state index contributed by atoms with van der Waals surface area (Å²) in [6.07, 6.45) is 1.70. The van der Waals surface area contributed by atoms with Gasteiger partial charge in [-0.2, -0.15) is 0 Å². The highest BCUT2D eigenvalue weighted by Gasteiger charge is 2.30. The fourth-order valence-corrected chi connectivity index (χ4v) is 5.21. The van der Waals surface area contributed by atoms with Gasteiger partial charge in [0.1, 0.15) is 29.8 Å². The summed E-state index contributed by atoms with van der Waals surface area (Å²) in [4.78, 5) is 4.58. The van der Waals surface area contributed by atoms with Gasteiger partial charge in [0, 0.05) is 28.0 Å². The Bertz CT molecular complexity index is 1500. The first-order chi connectivity index (χ1) is 20.1. The normalized spacial score (nSPS) is 10.5. The van der Waals surface area contributed by atoms with Crippen molar-refractivity contribution in [3.05, 3.63) is 106 Å². The van der Waals surface area contributed by atoms with Gasteiger partial charge in [-0.15, -0.1) is 0 Å². The first-order valence-electron chi connectivity index (χ1n) is 13.5. The van der Waals surface area contributed by atoms with E-state index in [1.54, 1.807) is 31.5 Å². The predicted molar refractivity (Wildman–Crippen MR) is 166 cm³/mol. The summed E-state index contributed by atoms with van der Waals surface area (Å²) < 4.78 is 50.5. The van der Waals surface area contributed by atoms with E-state index >= 15 is 0 Å². The molecule has 0 fully saturated rings. The summed E-state index contributed by atoms with van der Waals surface area (Å²) in [5, 5.41) is 9.78. The molecule has 1 heterocycles. The molecule has 3 aromatic carbocycles. The van der Waals surface area contributed by atoms with Gasteiger partial charge in [-0.05, 0) is 54.1 Å². The minimum Gasteiger partial charge on any atom is -0.495 e. The van der Waals surface area contributed by atoms with Crippen LogP contribution in [-0.2, 0) is 11.2 Å². The third kappa shape index (κ3) is 8.13. The predicted octanol–water partition coefficient (Wildman–Crippen LogP) is 8.97. The smallest absolute Gasteiger partial charge is 0.173 e. The Morgan fingerprint density at radius 2 is 1.60 bits per heavy atom. The highest BCUT2D eigenvalue weighted by atomic mass is 35.5. The van der Waals surface area contributed by atoms with Crippen LogP contribution in [0.3, 0.4) is 0 Å². The van der Waals surface area contributed by atoms with Crippen molar-refractivity contribution in [2.24, 2.45) is 0 Å². The zero-order valence-corrected chi connectivity index (χ0v) is 26.4. The Morgan fingerprint density at radius 3 is 2.17 bits per heavy atom. The molecule has 1 N–H and O–H groups in total. The van der Waals surface area contributed by atoms with Crippen molar-refractivity contribution >= 4 is 23.4 Å². The number of hydrogen-bond donors (Lipinski definition) is 1. The average molecular weight is 617 g/mol. The van der Waals surface area contributed by atoms with Gasteiger partial charge in [0.2, 0.25) is 0 Å². The van der Waals surface area contributed by atoms with E-state index in [1.165, 1.54) is 12.1 Å². The van der Waals surface area contributed by atoms with E-state index in [0.29, 0.717) is 21.6 Å². The molecule has 1 aromatic heterocycles. The van der Waals surface area contributed by atoms with Crippen LogP contribution in [0.1, 0.15) is 63.9 Å². The molecule has 4 nitrogen and oxygen atoms in total. The number of aliphatic hydroxyl groups excluding tert-OH is 1. The number of aliphatic hydroxyl groups is 1. The molecule has 0 aliphatic heterocycles.